The van der Waals surface area contributed by atoms with Gasteiger partial charge in [-0.3, -0.25) is 0 Å². The third kappa shape index (κ3) is 2.62. The minimum Gasteiger partial charge on any atom is -0.397 e. The summed E-state index contributed by atoms with van der Waals surface area (Å²) in [4.78, 5) is 0. The van der Waals surface area contributed by atoms with Gasteiger partial charge in [0.1, 0.15) is 5.82 Å². The maximum Gasteiger partial charge on any atom is 0.148 e. The Balaban J connectivity index is 2.19. The minimum absolute atomic E-state index is 0.319. The maximum atomic E-state index is 13.6. The van der Waals surface area contributed by atoms with Gasteiger partial charge in [-0.05, 0) is 37.1 Å². The van der Waals surface area contributed by atoms with E-state index < -0.39 is 0 Å². The number of nitrogens with one attached hydrogen (secondary N) is 1. The smallest absolute Gasteiger partial charge is 0.148 e. The molecule has 0 unspecified atom stereocenters. The van der Waals surface area contributed by atoms with Crippen molar-refractivity contribution in [1.82, 2.24) is 0 Å². The molecule has 0 saturated carbocycles. The lowest BCUT2D eigenvalue weighted by atomic mass is 10.1. The summed E-state index contributed by atoms with van der Waals surface area (Å²) in [6.45, 7) is 4.65. The quantitative estimate of drug-likeness (QED) is 0.809. The van der Waals surface area contributed by atoms with Crippen LogP contribution in [-0.4, -0.2) is 0 Å². The highest BCUT2D eigenvalue weighted by molar-refractivity contribution is 5.66. The van der Waals surface area contributed by atoms with Crippen LogP contribution in [0.15, 0.2) is 36.4 Å². The second kappa shape index (κ2) is 5.08. The van der Waals surface area contributed by atoms with Crippen LogP contribution >= 0.6 is 0 Å². The predicted octanol–water partition coefficient (Wildman–Crippen LogP) is 3.64. The first-order valence-electron chi connectivity index (χ1n) is 5.92. The first-order valence-corrected chi connectivity index (χ1v) is 5.92. The van der Waals surface area contributed by atoms with Gasteiger partial charge < -0.3 is 11.1 Å². The van der Waals surface area contributed by atoms with Crippen molar-refractivity contribution < 1.29 is 4.39 Å². The van der Waals surface area contributed by atoms with E-state index in [4.69, 9.17) is 5.73 Å². The molecule has 0 aromatic heterocycles. The van der Waals surface area contributed by atoms with Gasteiger partial charge in [0, 0.05) is 6.54 Å². The Morgan fingerprint density at radius 1 is 1.17 bits per heavy atom. The Labute approximate surface area is 107 Å². The first kappa shape index (κ1) is 12.4. The molecule has 3 heteroatoms. The second-order valence-corrected chi connectivity index (χ2v) is 4.49. The number of hydrogen-bond donors (Lipinski definition) is 2. The summed E-state index contributed by atoms with van der Waals surface area (Å²) in [6.07, 6.45) is 0. The van der Waals surface area contributed by atoms with Crippen molar-refractivity contribution in [2.45, 2.75) is 20.4 Å². The van der Waals surface area contributed by atoms with E-state index in [-0.39, 0.29) is 5.82 Å². The molecule has 0 heterocycles. The summed E-state index contributed by atoms with van der Waals surface area (Å²) in [5.74, 6) is -0.319. The van der Waals surface area contributed by atoms with Gasteiger partial charge in [-0.1, -0.05) is 29.8 Å². The fourth-order valence-electron chi connectivity index (χ4n) is 1.90. The number of nitrogen functional groups attached to an aromatic ring is 1. The topological polar surface area (TPSA) is 38.0 Å². The molecule has 2 aromatic carbocycles. The number of aryl methyl sites for hydroxylation is 2. The number of hydrogen-bond acceptors (Lipinski definition) is 2. The molecule has 0 aliphatic carbocycles. The third-order valence-electron chi connectivity index (χ3n) is 3.01. The summed E-state index contributed by atoms with van der Waals surface area (Å²) in [5.41, 5.74) is 10.1. The Hall–Kier alpha value is -2.03. The van der Waals surface area contributed by atoms with Crippen molar-refractivity contribution >= 4 is 11.4 Å². The summed E-state index contributed by atoms with van der Waals surface area (Å²) in [5, 5.41) is 3.07. The Kier molecular flexibility index (Phi) is 3.51. The Morgan fingerprint density at radius 2 is 1.94 bits per heavy atom. The molecule has 0 fully saturated rings. The molecule has 0 atom stereocenters. The van der Waals surface area contributed by atoms with Crippen molar-refractivity contribution in [3.05, 3.63) is 58.9 Å². The molecule has 0 spiro atoms. The van der Waals surface area contributed by atoms with Gasteiger partial charge in [0.25, 0.3) is 0 Å². The van der Waals surface area contributed by atoms with Gasteiger partial charge in [0.15, 0.2) is 0 Å². The summed E-state index contributed by atoms with van der Waals surface area (Å²) >= 11 is 0. The number of rotatable bonds is 3. The third-order valence-corrected chi connectivity index (χ3v) is 3.01. The zero-order valence-electron chi connectivity index (χ0n) is 10.6. The molecule has 2 rings (SSSR count). The molecule has 2 aromatic rings. The lowest BCUT2D eigenvalue weighted by molar-refractivity contribution is 0.630. The van der Waals surface area contributed by atoms with Crippen LogP contribution in [-0.2, 0) is 6.54 Å². The van der Waals surface area contributed by atoms with Crippen LogP contribution in [0.5, 0.6) is 0 Å². The van der Waals surface area contributed by atoms with E-state index in [0.717, 1.165) is 5.56 Å². The van der Waals surface area contributed by atoms with Crippen LogP contribution in [0, 0.1) is 19.7 Å². The number of nitrogens with two attached hydrogens (primary N) is 1. The van der Waals surface area contributed by atoms with Crippen molar-refractivity contribution in [2.24, 2.45) is 0 Å². The van der Waals surface area contributed by atoms with E-state index in [1.54, 1.807) is 12.1 Å². The van der Waals surface area contributed by atoms with Gasteiger partial charge in [0.05, 0.1) is 11.4 Å². The van der Waals surface area contributed by atoms with Crippen molar-refractivity contribution in [3.8, 4) is 0 Å². The van der Waals surface area contributed by atoms with E-state index in [0.29, 0.717) is 17.9 Å². The monoisotopic (exact) mass is 244 g/mol. The molecular formula is C15H17FN2. The SMILES string of the molecule is Cc1ccc(C)c(CNc2c(N)cccc2F)c1. The van der Waals surface area contributed by atoms with Crippen molar-refractivity contribution in [3.63, 3.8) is 0 Å². The van der Waals surface area contributed by atoms with Crippen LogP contribution in [0.4, 0.5) is 15.8 Å². The largest absolute Gasteiger partial charge is 0.397 e. The molecule has 0 radical (unpaired) electrons. The molecule has 0 amide bonds. The Morgan fingerprint density at radius 3 is 2.67 bits per heavy atom. The van der Waals surface area contributed by atoms with Gasteiger partial charge in [-0.25, -0.2) is 4.39 Å². The number of halogens is 1. The highest BCUT2D eigenvalue weighted by atomic mass is 19.1. The Bertz CT molecular complexity index is 544. The zero-order valence-corrected chi connectivity index (χ0v) is 10.6. The number of benzene rings is 2. The lowest BCUT2D eigenvalue weighted by Crippen LogP contribution is -2.06. The standard InChI is InChI=1S/C15H17FN2/c1-10-6-7-11(2)12(8-10)9-18-15-13(16)4-3-5-14(15)17/h3-8,18H,9,17H2,1-2H3. The van der Waals surface area contributed by atoms with Gasteiger partial charge in [0.2, 0.25) is 0 Å². The van der Waals surface area contributed by atoms with Crippen LogP contribution < -0.4 is 11.1 Å². The molecular weight excluding hydrogens is 227 g/mol. The van der Waals surface area contributed by atoms with Crippen LogP contribution in [0.25, 0.3) is 0 Å². The molecule has 2 nitrogen and oxygen atoms in total. The van der Waals surface area contributed by atoms with Crippen LogP contribution in [0.1, 0.15) is 16.7 Å². The van der Waals surface area contributed by atoms with E-state index in [2.05, 4.69) is 23.5 Å². The highest BCUT2D eigenvalue weighted by Gasteiger charge is 2.06. The van der Waals surface area contributed by atoms with Crippen molar-refractivity contribution in [2.75, 3.05) is 11.1 Å². The first-order chi connectivity index (χ1) is 8.58. The fraction of sp³-hybridized carbons (Fsp3) is 0.200. The van der Waals surface area contributed by atoms with Gasteiger partial charge >= 0.3 is 0 Å². The van der Waals surface area contributed by atoms with Gasteiger partial charge in [-0.2, -0.15) is 0 Å². The molecule has 94 valence electrons. The summed E-state index contributed by atoms with van der Waals surface area (Å²) < 4.78 is 13.6. The summed E-state index contributed by atoms with van der Waals surface area (Å²) in [7, 11) is 0. The molecule has 0 bridgehead atoms. The van der Waals surface area contributed by atoms with Crippen molar-refractivity contribution in [1.29, 1.82) is 0 Å². The fourth-order valence-corrected chi connectivity index (χ4v) is 1.90. The van der Waals surface area contributed by atoms with E-state index in [1.165, 1.54) is 17.2 Å². The van der Waals surface area contributed by atoms with E-state index in [9.17, 15) is 4.39 Å². The lowest BCUT2D eigenvalue weighted by Gasteiger charge is -2.12. The average molecular weight is 244 g/mol. The van der Waals surface area contributed by atoms with Crippen LogP contribution in [0.2, 0.25) is 0 Å². The number of anilines is 2. The predicted molar refractivity (Wildman–Crippen MR) is 74.1 cm³/mol. The van der Waals surface area contributed by atoms with Gasteiger partial charge in [-0.15, -0.1) is 0 Å². The maximum absolute atomic E-state index is 13.6. The molecule has 3 N–H and O–H groups in total. The molecule has 0 aliphatic heterocycles. The van der Waals surface area contributed by atoms with E-state index in [1.807, 2.05) is 13.8 Å². The minimum atomic E-state index is -0.319. The normalized spacial score (nSPS) is 10.4. The second-order valence-electron chi connectivity index (χ2n) is 4.49. The molecule has 0 aliphatic rings. The summed E-state index contributed by atoms with van der Waals surface area (Å²) in [6, 6.07) is 10.9. The van der Waals surface area contributed by atoms with Crippen LogP contribution in [0.3, 0.4) is 0 Å². The molecule has 18 heavy (non-hydrogen) atoms. The molecule has 0 saturated heterocycles. The highest BCUT2D eigenvalue weighted by Crippen LogP contribution is 2.23. The number of para-hydroxylation sites is 1. The average Bonchev–Trinajstić information content (AvgIpc) is 2.33. The van der Waals surface area contributed by atoms with E-state index >= 15 is 0 Å². The zero-order chi connectivity index (χ0) is 13.1.